The Balaban J connectivity index is 2.12. The molecule has 0 aromatic rings. The number of amides is 2. The number of nitrogens with one attached hydrogen (secondary N) is 1. The van der Waals surface area contributed by atoms with Crippen molar-refractivity contribution in [3.05, 3.63) is 0 Å². The number of urea groups is 1. The lowest BCUT2D eigenvalue weighted by atomic mass is 9.96. The highest BCUT2D eigenvalue weighted by Gasteiger charge is 2.33. The van der Waals surface area contributed by atoms with E-state index < -0.39 is 11.2 Å². The van der Waals surface area contributed by atoms with Crippen LogP contribution in [-0.4, -0.2) is 32.0 Å². The van der Waals surface area contributed by atoms with Gasteiger partial charge < -0.3 is 0 Å². The van der Waals surface area contributed by atoms with Gasteiger partial charge in [0.2, 0.25) is 0 Å². The first-order valence-electron chi connectivity index (χ1n) is 5.37. The van der Waals surface area contributed by atoms with E-state index >= 15 is 0 Å². The van der Waals surface area contributed by atoms with E-state index in [0.29, 0.717) is 5.17 Å². The number of hydrogen-bond acceptors (Lipinski definition) is 3. The van der Waals surface area contributed by atoms with Crippen molar-refractivity contribution in [2.24, 2.45) is 4.40 Å². The quantitative estimate of drug-likeness (QED) is 0.780. The zero-order chi connectivity index (χ0) is 11.5. The number of carbonyl (C=O) groups excluding carboxylic acids is 1. The van der Waals surface area contributed by atoms with Gasteiger partial charge in [-0.3, -0.25) is 5.32 Å². The molecule has 2 amide bonds. The topological polar surface area (TPSA) is 61.8 Å². The molecule has 0 aromatic carbocycles. The average molecular weight is 261 g/mol. The minimum absolute atomic E-state index is 0.0849. The predicted octanol–water partition coefficient (Wildman–Crippen LogP) is 1.64. The Bertz CT molecular complexity index is 340. The normalized spacial score (nSPS) is 27.6. The fourth-order valence-corrected chi connectivity index (χ4v) is 3.66. The summed E-state index contributed by atoms with van der Waals surface area (Å²) in [7, 11) is 0. The fraction of sp³-hybridized carbons (Fsp3) is 0.778. The summed E-state index contributed by atoms with van der Waals surface area (Å²) in [6.07, 6.45) is 7.08. The highest BCUT2D eigenvalue weighted by Crippen LogP contribution is 2.25. The summed E-state index contributed by atoms with van der Waals surface area (Å²) in [4.78, 5) is 11.8. The first-order chi connectivity index (χ1) is 7.72. The molecule has 7 heteroatoms. The molecule has 1 unspecified atom stereocenters. The SMILES string of the molecule is CSC1=NS(=O)N(C2CCCCC2)C(=O)N1. The van der Waals surface area contributed by atoms with Crippen LogP contribution in [0.4, 0.5) is 4.79 Å². The van der Waals surface area contributed by atoms with Crippen LogP contribution >= 0.6 is 11.8 Å². The van der Waals surface area contributed by atoms with Gasteiger partial charge in [-0.15, -0.1) is 4.40 Å². The molecule has 2 aliphatic rings. The van der Waals surface area contributed by atoms with Gasteiger partial charge in [0, 0.05) is 6.04 Å². The molecule has 90 valence electrons. The van der Waals surface area contributed by atoms with Crippen molar-refractivity contribution in [3.8, 4) is 0 Å². The molecule has 1 N–H and O–H groups in total. The molecule has 0 radical (unpaired) electrons. The minimum atomic E-state index is -1.55. The van der Waals surface area contributed by atoms with E-state index in [1.54, 1.807) is 6.26 Å². The fourth-order valence-electron chi connectivity index (χ4n) is 2.05. The number of amidine groups is 1. The van der Waals surface area contributed by atoms with Gasteiger partial charge in [-0.2, -0.15) is 0 Å². The summed E-state index contributed by atoms with van der Waals surface area (Å²) in [6.45, 7) is 0. The molecule has 5 nitrogen and oxygen atoms in total. The van der Waals surface area contributed by atoms with Crippen LogP contribution < -0.4 is 5.32 Å². The van der Waals surface area contributed by atoms with Gasteiger partial charge in [-0.05, 0) is 19.1 Å². The molecule has 1 fully saturated rings. The Morgan fingerprint density at radius 3 is 2.69 bits per heavy atom. The summed E-state index contributed by atoms with van der Waals surface area (Å²) >= 11 is -0.247. The third-order valence-electron chi connectivity index (χ3n) is 2.84. The molecule has 0 aromatic heterocycles. The Morgan fingerprint density at radius 1 is 1.44 bits per heavy atom. The predicted molar refractivity (Wildman–Crippen MR) is 66.3 cm³/mol. The maximum absolute atomic E-state index is 11.8. The van der Waals surface area contributed by atoms with Crippen molar-refractivity contribution in [2.45, 2.75) is 38.1 Å². The summed E-state index contributed by atoms with van der Waals surface area (Å²) in [5, 5.41) is 3.09. The van der Waals surface area contributed by atoms with E-state index in [2.05, 4.69) is 9.71 Å². The Morgan fingerprint density at radius 2 is 2.12 bits per heavy atom. The number of rotatable bonds is 1. The second-order valence-corrected chi connectivity index (χ2v) is 5.71. The first-order valence-corrected chi connectivity index (χ1v) is 7.66. The molecule has 2 rings (SSSR count). The zero-order valence-corrected chi connectivity index (χ0v) is 10.8. The highest BCUT2D eigenvalue weighted by atomic mass is 32.2. The van der Waals surface area contributed by atoms with Crippen LogP contribution in [0.1, 0.15) is 32.1 Å². The van der Waals surface area contributed by atoms with Crippen LogP contribution in [0.5, 0.6) is 0 Å². The minimum Gasteiger partial charge on any atom is -0.285 e. The number of carbonyl (C=O) groups is 1. The maximum Gasteiger partial charge on any atom is 0.336 e. The standard InChI is InChI=1S/C9H15N3O2S2/c1-15-8-10-9(13)12(16(14)11-8)7-5-3-2-4-6-7/h7H,2-6H2,1H3,(H,10,11,13). The molecule has 16 heavy (non-hydrogen) atoms. The second kappa shape index (κ2) is 5.18. The molecule has 1 aliphatic carbocycles. The van der Waals surface area contributed by atoms with Crippen LogP contribution in [0.3, 0.4) is 0 Å². The largest absolute Gasteiger partial charge is 0.336 e. The van der Waals surface area contributed by atoms with E-state index in [1.807, 2.05) is 0 Å². The highest BCUT2D eigenvalue weighted by molar-refractivity contribution is 8.13. The lowest BCUT2D eigenvalue weighted by Gasteiger charge is -2.33. The van der Waals surface area contributed by atoms with Gasteiger partial charge in [-0.25, -0.2) is 13.3 Å². The molecule has 1 aliphatic heterocycles. The molecule has 1 heterocycles. The van der Waals surface area contributed by atoms with E-state index in [4.69, 9.17) is 0 Å². The van der Waals surface area contributed by atoms with Gasteiger partial charge in [-0.1, -0.05) is 31.0 Å². The summed E-state index contributed by atoms with van der Waals surface area (Å²) < 4.78 is 17.2. The van der Waals surface area contributed by atoms with E-state index in [-0.39, 0.29) is 12.1 Å². The molecule has 1 atom stereocenters. The number of thioether (sulfide) groups is 1. The lowest BCUT2D eigenvalue weighted by Crippen LogP contribution is -2.51. The smallest absolute Gasteiger partial charge is 0.285 e. The van der Waals surface area contributed by atoms with Crippen LogP contribution in [0, 0.1) is 0 Å². The van der Waals surface area contributed by atoms with Gasteiger partial charge in [0.05, 0.1) is 0 Å². The van der Waals surface area contributed by atoms with Gasteiger partial charge in [0.25, 0.3) is 11.2 Å². The molecular weight excluding hydrogens is 246 g/mol. The summed E-state index contributed by atoms with van der Waals surface area (Å²) in [5.41, 5.74) is 0. The van der Waals surface area contributed by atoms with Crippen molar-refractivity contribution < 1.29 is 9.00 Å². The van der Waals surface area contributed by atoms with Gasteiger partial charge >= 0.3 is 6.03 Å². The van der Waals surface area contributed by atoms with Crippen molar-refractivity contribution >= 4 is 34.1 Å². The molecule has 0 saturated heterocycles. The van der Waals surface area contributed by atoms with Crippen LogP contribution in [0.2, 0.25) is 0 Å². The van der Waals surface area contributed by atoms with Crippen molar-refractivity contribution in [2.75, 3.05) is 6.26 Å². The molecular formula is C9H15N3O2S2. The van der Waals surface area contributed by atoms with Gasteiger partial charge in [0.15, 0.2) is 5.17 Å². The lowest BCUT2D eigenvalue weighted by molar-refractivity contribution is 0.207. The zero-order valence-electron chi connectivity index (χ0n) is 9.14. The third kappa shape index (κ3) is 2.40. The van der Waals surface area contributed by atoms with Crippen LogP contribution in [-0.2, 0) is 11.2 Å². The van der Waals surface area contributed by atoms with Crippen LogP contribution in [0.25, 0.3) is 0 Å². The Labute approximate surface area is 102 Å². The monoisotopic (exact) mass is 261 g/mol. The maximum atomic E-state index is 11.8. The van der Waals surface area contributed by atoms with Crippen LogP contribution in [0.15, 0.2) is 4.40 Å². The van der Waals surface area contributed by atoms with Crippen molar-refractivity contribution in [1.29, 1.82) is 0 Å². The first kappa shape index (κ1) is 11.9. The summed E-state index contributed by atoms with van der Waals surface area (Å²) in [6, 6.07) is -0.189. The van der Waals surface area contributed by atoms with E-state index in [0.717, 1.165) is 25.7 Å². The van der Waals surface area contributed by atoms with Gasteiger partial charge in [0.1, 0.15) is 0 Å². The molecule has 1 saturated carbocycles. The van der Waals surface area contributed by atoms with E-state index in [9.17, 15) is 9.00 Å². The average Bonchev–Trinajstić information content (AvgIpc) is 2.29. The van der Waals surface area contributed by atoms with Crippen molar-refractivity contribution in [3.63, 3.8) is 0 Å². The number of nitrogens with zero attached hydrogens (tertiary/aromatic N) is 2. The van der Waals surface area contributed by atoms with E-state index in [1.165, 1.54) is 22.5 Å². The Hall–Kier alpha value is -0.560. The summed E-state index contributed by atoms with van der Waals surface area (Å²) in [5.74, 6) is 0. The van der Waals surface area contributed by atoms with Crippen molar-refractivity contribution in [1.82, 2.24) is 9.62 Å². The second-order valence-electron chi connectivity index (χ2n) is 3.88. The molecule has 0 bridgehead atoms. The molecule has 0 spiro atoms. The third-order valence-corrected chi connectivity index (χ3v) is 4.68. The number of hydrogen-bond donors (Lipinski definition) is 1. The Kier molecular flexibility index (Phi) is 3.86.